The van der Waals surface area contributed by atoms with E-state index in [1.165, 1.54) is 17.8 Å². The van der Waals surface area contributed by atoms with Gasteiger partial charge in [-0.25, -0.2) is 0 Å². The summed E-state index contributed by atoms with van der Waals surface area (Å²) in [5, 5.41) is 4.18. The van der Waals surface area contributed by atoms with E-state index in [9.17, 15) is 13.2 Å². The molecule has 3 nitrogen and oxygen atoms in total. The van der Waals surface area contributed by atoms with E-state index >= 15 is 0 Å². The average Bonchev–Trinajstić information content (AvgIpc) is 2.74. The lowest BCUT2D eigenvalue weighted by molar-refractivity contribution is -0.137. The first-order valence-corrected chi connectivity index (χ1v) is 9.79. The fraction of sp³-hybridized carbons (Fsp3) is 0.174. The maximum Gasteiger partial charge on any atom is 0.416 e. The lowest BCUT2D eigenvalue weighted by Crippen LogP contribution is -2.21. The number of benzene rings is 3. The molecule has 0 fully saturated rings. The maximum atomic E-state index is 12.8. The van der Waals surface area contributed by atoms with Crippen LogP contribution in [0.3, 0.4) is 0 Å². The van der Waals surface area contributed by atoms with Gasteiger partial charge in [0.15, 0.2) is 0 Å². The summed E-state index contributed by atoms with van der Waals surface area (Å²) >= 11 is 5.96. The second-order valence-electron chi connectivity index (χ2n) is 6.65. The molecular formula is C23H21ClF3N3. The van der Waals surface area contributed by atoms with Crippen LogP contribution in [0.2, 0.25) is 5.02 Å². The van der Waals surface area contributed by atoms with Crippen molar-refractivity contribution < 1.29 is 13.2 Å². The van der Waals surface area contributed by atoms with Crippen LogP contribution < -0.4 is 10.3 Å². The summed E-state index contributed by atoms with van der Waals surface area (Å²) in [7, 11) is 0. The van der Waals surface area contributed by atoms with Crippen molar-refractivity contribution >= 4 is 29.2 Å². The summed E-state index contributed by atoms with van der Waals surface area (Å²) < 4.78 is 38.5. The highest BCUT2D eigenvalue weighted by Gasteiger charge is 2.30. The van der Waals surface area contributed by atoms with Crippen molar-refractivity contribution in [3.8, 4) is 0 Å². The fourth-order valence-electron chi connectivity index (χ4n) is 2.92. The van der Waals surface area contributed by atoms with Gasteiger partial charge in [-0.2, -0.15) is 18.3 Å². The Morgan fingerprint density at radius 3 is 2.33 bits per heavy atom. The second-order valence-corrected chi connectivity index (χ2v) is 7.06. The van der Waals surface area contributed by atoms with E-state index < -0.39 is 11.7 Å². The molecule has 3 rings (SSSR count). The molecule has 30 heavy (non-hydrogen) atoms. The molecule has 0 spiro atoms. The topological polar surface area (TPSA) is 27.6 Å². The Labute approximate surface area is 178 Å². The molecule has 0 bridgehead atoms. The summed E-state index contributed by atoms with van der Waals surface area (Å²) in [5.74, 6) is 0. The molecule has 156 valence electrons. The first kappa shape index (κ1) is 21.7. The number of rotatable bonds is 7. The molecule has 0 radical (unpaired) electrons. The van der Waals surface area contributed by atoms with Crippen LogP contribution in [0.1, 0.15) is 23.6 Å². The predicted octanol–water partition coefficient (Wildman–Crippen LogP) is 6.83. The Bertz CT molecular complexity index is 987. The van der Waals surface area contributed by atoms with E-state index in [4.69, 9.17) is 11.6 Å². The highest BCUT2D eigenvalue weighted by Crippen LogP contribution is 2.33. The lowest BCUT2D eigenvalue weighted by atomic mass is 10.1. The van der Waals surface area contributed by atoms with Crippen LogP contribution in [0.15, 0.2) is 77.9 Å². The number of hydrazone groups is 1. The van der Waals surface area contributed by atoms with Gasteiger partial charge in [-0.05, 0) is 48.4 Å². The number of hydrogen-bond acceptors (Lipinski definition) is 3. The largest absolute Gasteiger partial charge is 0.416 e. The van der Waals surface area contributed by atoms with Crippen LogP contribution in [-0.4, -0.2) is 12.8 Å². The third kappa shape index (κ3) is 5.76. The third-order valence-corrected chi connectivity index (χ3v) is 4.88. The van der Waals surface area contributed by atoms with E-state index in [-0.39, 0.29) is 10.7 Å². The molecule has 0 aromatic heterocycles. The molecule has 0 heterocycles. The zero-order chi connectivity index (χ0) is 21.6. The van der Waals surface area contributed by atoms with Gasteiger partial charge in [-0.1, -0.05) is 54.1 Å². The number of nitrogens with one attached hydrogen (secondary N) is 1. The molecular weight excluding hydrogens is 411 g/mol. The van der Waals surface area contributed by atoms with Crippen molar-refractivity contribution in [3.63, 3.8) is 0 Å². The summed E-state index contributed by atoms with van der Waals surface area (Å²) in [4.78, 5) is 2.25. The highest BCUT2D eigenvalue weighted by atomic mass is 35.5. The van der Waals surface area contributed by atoms with Crippen LogP contribution in [0.4, 0.5) is 24.5 Å². The first-order chi connectivity index (χ1) is 14.4. The standard InChI is InChI=1S/C23H21ClF3N3/c1-2-30(16-18-6-4-3-5-7-18)20-11-8-17(9-12-20)15-28-29-22-14-19(23(25,26)27)10-13-21(22)24/h3-15,29H,2,16H2,1H3/b28-15-. The molecule has 0 aliphatic carbocycles. The zero-order valence-corrected chi connectivity index (χ0v) is 17.1. The SMILES string of the molecule is CCN(Cc1ccccc1)c1ccc(/C=N\Nc2cc(C(F)(F)F)ccc2Cl)cc1. The van der Waals surface area contributed by atoms with Gasteiger partial charge >= 0.3 is 6.18 Å². The smallest absolute Gasteiger partial charge is 0.367 e. The molecule has 0 aliphatic rings. The van der Waals surface area contributed by atoms with Crippen molar-refractivity contribution in [3.05, 3.63) is 94.5 Å². The molecule has 1 N–H and O–H groups in total. The van der Waals surface area contributed by atoms with Gasteiger partial charge in [0.25, 0.3) is 0 Å². The second kappa shape index (κ2) is 9.67. The molecule has 0 saturated carbocycles. The van der Waals surface area contributed by atoms with E-state index in [2.05, 4.69) is 34.5 Å². The van der Waals surface area contributed by atoms with Crippen molar-refractivity contribution in [2.45, 2.75) is 19.6 Å². The van der Waals surface area contributed by atoms with Gasteiger partial charge in [0.1, 0.15) is 0 Å². The van der Waals surface area contributed by atoms with Crippen LogP contribution >= 0.6 is 11.6 Å². The zero-order valence-electron chi connectivity index (χ0n) is 16.3. The number of hydrogen-bond donors (Lipinski definition) is 1. The van der Waals surface area contributed by atoms with Crippen molar-refractivity contribution in [2.24, 2.45) is 5.10 Å². The summed E-state index contributed by atoms with van der Waals surface area (Å²) in [6.07, 6.45) is -2.90. The van der Waals surface area contributed by atoms with Gasteiger partial charge < -0.3 is 4.90 Å². The van der Waals surface area contributed by atoms with Crippen molar-refractivity contribution in [2.75, 3.05) is 16.9 Å². The van der Waals surface area contributed by atoms with Gasteiger partial charge in [-0.3, -0.25) is 5.43 Å². The fourth-order valence-corrected chi connectivity index (χ4v) is 3.08. The molecule has 0 unspecified atom stereocenters. The molecule has 3 aromatic carbocycles. The third-order valence-electron chi connectivity index (χ3n) is 4.55. The lowest BCUT2D eigenvalue weighted by Gasteiger charge is -2.23. The molecule has 7 heteroatoms. The van der Waals surface area contributed by atoms with Gasteiger partial charge in [0.05, 0.1) is 22.5 Å². The molecule has 0 amide bonds. The Balaban J connectivity index is 1.66. The van der Waals surface area contributed by atoms with Crippen LogP contribution in [0, 0.1) is 0 Å². The Morgan fingerprint density at radius 2 is 1.70 bits per heavy atom. The molecule has 3 aromatic rings. The average molecular weight is 432 g/mol. The van der Waals surface area contributed by atoms with E-state index in [1.807, 2.05) is 42.5 Å². The Morgan fingerprint density at radius 1 is 1.00 bits per heavy atom. The van der Waals surface area contributed by atoms with Crippen LogP contribution in [0.5, 0.6) is 0 Å². The summed E-state index contributed by atoms with van der Waals surface area (Å²) in [6, 6.07) is 21.1. The van der Waals surface area contributed by atoms with Crippen LogP contribution in [-0.2, 0) is 12.7 Å². The molecule has 0 atom stereocenters. The van der Waals surface area contributed by atoms with Gasteiger partial charge in [0, 0.05) is 18.8 Å². The highest BCUT2D eigenvalue weighted by molar-refractivity contribution is 6.33. The van der Waals surface area contributed by atoms with Crippen molar-refractivity contribution in [1.29, 1.82) is 0 Å². The minimum atomic E-state index is -4.44. The van der Waals surface area contributed by atoms with Gasteiger partial charge in [0.2, 0.25) is 0 Å². The van der Waals surface area contributed by atoms with E-state index in [1.54, 1.807) is 0 Å². The number of halogens is 4. The Kier molecular flexibility index (Phi) is 7.00. The number of anilines is 2. The minimum Gasteiger partial charge on any atom is -0.367 e. The van der Waals surface area contributed by atoms with E-state index in [0.717, 1.165) is 36.5 Å². The predicted molar refractivity (Wildman–Crippen MR) is 117 cm³/mol. The summed E-state index contributed by atoms with van der Waals surface area (Å²) in [6.45, 7) is 3.76. The molecule has 0 aliphatic heterocycles. The minimum absolute atomic E-state index is 0.0966. The maximum absolute atomic E-state index is 12.8. The monoisotopic (exact) mass is 431 g/mol. The number of alkyl halides is 3. The quantitative estimate of drug-likeness (QED) is 0.328. The first-order valence-electron chi connectivity index (χ1n) is 9.41. The normalized spacial score (nSPS) is 11.6. The van der Waals surface area contributed by atoms with Crippen molar-refractivity contribution in [1.82, 2.24) is 0 Å². The van der Waals surface area contributed by atoms with Gasteiger partial charge in [-0.15, -0.1) is 0 Å². The number of nitrogens with zero attached hydrogens (tertiary/aromatic N) is 2. The van der Waals surface area contributed by atoms with E-state index in [0.29, 0.717) is 0 Å². The molecule has 0 saturated heterocycles. The van der Waals surface area contributed by atoms with Crippen LogP contribution in [0.25, 0.3) is 0 Å². The Hall–Kier alpha value is -2.99. The summed E-state index contributed by atoms with van der Waals surface area (Å²) in [5.41, 5.74) is 5.01.